The van der Waals surface area contributed by atoms with Crippen molar-refractivity contribution < 1.29 is 9.53 Å². The maximum atomic E-state index is 11.8. The molecule has 0 fully saturated rings. The number of terminal acetylenes is 1. The minimum atomic E-state index is -0.890. The predicted molar refractivity (Wildman–Crippen MR) is 68.7 cm³/mol. The average molecular weight is 251 g/mol. The third-order valence-corrected chi connectivity index (χ3v) is 3.04. The van der Waals surface area contributed by atoms with Crippen molar-refractivity contribution in [2.45, 2.75) is 31.2 Å². The van der Waals surface area contributed by atoms with Gasteiger partial charge in [0, 0.05) is 0 Å². The molecule has 3 heteroatoms. The van der Waals surface area contributed by atoms with E-state index in [-0.39, 0.29) is 0 Å². The van der Waals surface area contributed by atoms with E-state index in [1.165, 1.54) is 0 Å². The van der Waals surface area contributed by atoms with E-state index in [4.69, 9.17) is 22.8 Å². The lowest BCUT2D eigenvalue weighted by Crippen LogP contribution is -2.30. The summed E-state index contributed by atoms with van der Waals surface area (Å²) in [7, 11) is 0. The summed E-state index contributed by atoms with van der Waals surface area (Å²) in [5.41, 5.74) is -0.187. The molecule has 0 radical (unpaired) electrons. The summed E-state index contributed by atoms with van der Waals surface area (Å²) in [4.78, 5) is 11.8. The first-order valence-electron chi connectivity index (χ1n) is 5.42. The second-order valence-corrected chi connectivity index (χ2v) is 4.36. The van der Waals surface area contributed by atoms with Gasteiger partial charge in [-0.05, 0) is 18.9 Å². The summed E-state index contributed by atoms with van der Waals surface area (Å²) in [5.74, 6) is 1.95. The molecule has 0 aliphatic heterocycles. The van der Waals surface area contributed by atoms with Crippen LogP contribution in [0.1, 0.15) is 31.2 Å². The lowest BCUT2D eigenvalue weighted by Gasteiger charge is -2.23. The molecule has 1 aromatic rings. The number of carbonyl (C=O) groups is 1. The average Bonchev–Trinajstić information content (AvgIpc) is 2.38. The largest absolute Gasteiger partial charge is 0.445 e. The van der Waals surface area contributed by atoms with Crippen molar-refractivity contribution in [1.82, 2.24) is 0 Å². The predicted octanol–water partition coefficient (Wildman–Crippen LogP) is 3.31. The third-order valence-electron chi connectivity index (χ3n) is 2.61. The summed E-state index contributed by atoms with van der Waals surface area (Å²) in [6.07, 6.45) is 5.88. The van der Waals surface area contributed by atoms with Gasteiger partial charge in [0.25, 0.3) is 0 Å². The maximum Gasteiger partial charge on any atom is 0.330 e. The molecule has 0 spiro atoms. The summed E-state index contributed by atoms with van der Waals surface area (Å²) in [6.45, 7) is 3.55. The Bertz CT molecular complexity index is 422. The molecular formula is C14H15ClO2. The maximum absolute atomic E-state index is 11.8. The van der Waals surface area contributed by atoms with E-state index in [1.54, 1.807) is 19.1 Å². The number of hydrogen-bond donors (Lipinski definition) is 0. The molecule has 2 unspecified atom stereocenters. The van der Waals surface area contributed by atoms with Crippen LogP contribution in [-0.2, 0) is 9.53 Å². The van der Waals surface area contributed by atoms with Crippen LogP contribution in [0.5, 0.6) is 0 Å². The fourth-order valence-corrected chi connectivity index (χ4v) is 1.43. The quantitative estimate of drug-likeness (QED) is 0.466. The molecule has 2 atom stereocenters. The van der Waals surface area contributed by atoms with E-state index in [0.717, 1.165) is 0 Å². The van der Waals surface area contributed by atoms with Crippen molar-refractivity contribution in [2.24, 2.45) is 0 Å². The van der Waals surface area contributed by atoms with Crippen LogP contribution in [0.4, 0.5) is 0 Å². The van der Waals surface area contributed by atoms with Gasteiger partial charge < -0.3 is 4.74 Å². The first-order chi connectivity index (χ1) is 8.02. The molecule has 0 aliphatic carbocycles. The van der Waals surface area contributed by atoms with E-state index in [0.29, 0.717) is 12.0 Å². The Kier molecular flexibility index (Phi) is 4.60. The number of carbonyl (C=O) groups excluding carboxylic acids is 1. The normalized spacial score (nSPS) is 15.4. The fourth-order valence-electron chi connectivity index (χ4n) is 1.24. The molecular weight excluding hydrogens is 236 g/mol. The number of hydrogen-bond acceptors (Lipinski definition) is 2. The molecule has 0 saturated heterocycles. The molecule has 90 valence electrons. The second kappa shape index (κ2) is 5.75. The Morgan fingerprint density at radius 1 is 1.53 bits per heavy atom. The first-order valence-corrected chi connectivity index (χ1v) is 5.85. The molecule has 0 saturated carbocycles. The van der Waals surface area contributed by atoms with Gasteiger partial charge >= 0.3 is 5.97 Å². The molecule has 2 nitrogen and oxygen atoms in total. The summed E-state index contributed by atoms with van der Waals surface area (Å²) in [6, 6.07) is 9.04. The van der Waals surface area contributed by atoms with Crippen molar-refractivity contribution in [3.63, 3.8) is 0 Å². The molecule has 1 aromatic carbocycles. The second-order valence-electron chi connectivity index (χ2n) is 3.92. The highest BCUT2D eigenvalue weighted by Crippen LogP contribution is 2.25. The smallest absolute Gasteiger partial charge is 0.330 e. The van der Waals surface area contributed by atoms with E-state index < -0.39 is 16.9 Å². The van der Waals surface area contributed by atoms with Crippen LogP contribution in [0.2, 0.25) is 0 Å². The molecule has 0 amide bonds. The number of alkyl halides is 1. The Hall–Kier alpha value is -1.46. The minimum absolute atomic E-state index is 0.514. The molecule has 1 rings (SSSR count). The van der Waals surface area contributed by atoms with E-state index in [1.807, 2.05) is 25.1 Å². The molecule has 0 bridgehead atoms. The van der Waals surface area contributed by atoms with Crippen LogP contribution in [0, 0.1) is 12.3 Å². The fraction of sp³-hybridized carbons (Fsp3) is 0.357. The van der Waals surface area contributed by atoms with Gasteiger partial charge in [-0.15, -0.1) is 18.0 Å². The van der Waals surface area contributed by atoms with Crippen LogP contribution in [0.15, 0.2) is 30.3 Å². The molecule has 17 heavy (non-hydrogen) atoms. The Morgan fingerprint density at radius 3 is 2.59 bits per heavy atom. The molecule has 0 N–H and O–H groups in total. The van der Waals surface area contributed by atoms with Gasteiger partial charge in [-0.1, -0.05) is 43.2 Å². The lowest BCUT2D eigenvalue weighted by atomic mass is 10.0. The van der Waals surface area contributed by atoms with Crippen molar-refractivity contribution in [3.8, 4) is 12.3 Å². The minimum Gasteiger partial charge on any atom is -0.445 e. The van der Waals surface area contributed by atoms with Gasteiger partial charge in [-0.3, -0.25) is 4.79 Å². The number of halogens is 1. The molecule has 0 aliphatic rings. The first kappa shape index (κ1) is 13.6. The Labute approximate surface area is 107 Å². The zero-order valence-electron chi connectivity index (χ0n) is 9.94. The third kappa shape index (κ3) is 3.51. The van der Waals surface area contributed by atoms with Crippen molar-refractivity contribution in [2.75, 3.05) is 0 Å². The van der Waals surface area contributed by atoms with Gasteiger partial charge in [-0.25, -0.2) is 0 Å². The van der Waals surface area contributed by atoms with Gasteiger partial charge in [0.1, 0.15) is 0 Å². The number of benzene rings is 1. The number of ether oxygens (including phenoxy) is 1. The summed E-state index contributed by atoms with van der Waals surface area (Å²) >= 11 is 6.03. The standard InChI is InChI=1S/C14H15ClO2/c1-4-14(3,5-2)17-13(16)12(15)11-9-7-6-8-10-11/h1,6-10,12H,5H2,2-3H3. The van der Waals surface area contributed by atoms with Crippen LogP contribution in [0.3, 0.4) is 0 Å². The van der Waals surface area contributed by atoms with E-state index in [2.05, 4.69) is 5.92 Å². The van der Waals surface area contributed by atoms with Crippen LogP contribution < -0.4 is 0 Å². The monoisotopic (exact) mass is 250 g/mol. The van der Waals surface area contributed by atoms with E-state index in [9.17, 15) is 4.79 Å². The van der Waals surface area contributed by atoms with Gasteiger partial charge in [-0.2, -0.15) is 0 Å². The van der Waals surface area contributed by atoms with Gasteiger partial charge in [0.15, 0.2) is 11.0 Å². The highest BCUT2D eigenvalue weighted by molar-refractivity contribution is 6.30. The SMILES string of the molecule is C#CC(C)(CC)OC(=O)C(Cl)c1ccccc1. The lowest BCUT2D eigenvalue weighted by molar-refractivity contribution is -0.152. The van der Waals surface area contributed by atoms with E-state index >= 15 is 0 Å². The van der Waals surface area contributed by atoms with Crippen molar-refractivity contribution >= 4 is 17.6 Å². The van der Waals surface area contributed by atoms with Crippen molar-refractivity contribution in [1.29, 1.82) is 0 Å². The summed E-state index contributed by atoms with van der Waals surface area (Å²) < 4.78 is 5.25. The van der Waals surface area contributed by atoms with Gasteiger partial charge in [0.2, 0.25) is 0 Å². The molecule has 0 aromatic heterocycles. The van der Waals surface area contributed by atoms with Crippen LogP contribution in [-0.4, -0.2) is 11.6 Å². The highest BCUT2D eigenvalue weighted by atomic mass is 35.5. The van der Waals surface area contributed by atoms with Gasteiger partial charge in [0.05, 0.1) is 0 Å². The molecule has 0 heterocycles. The zero-order chi connectivity index (χ0) is 12.9. The van der Waals surface area contributed by atoms with Crippen LogP contribution in [0.25, 0.3) is 0 Å². The van der Waals surface area contributed by atoms with Crippen molar-refractivity contribution in [3.05, 3.63) is 35.9 Å². The Balaban J connectivity index is 2.76. The number of esters is 1. The van der Waals surface area contributed by atoms with Crippen LogP contribution >= 0.6 is 11.6 Å². The number of rotatable bonds is 4. The highest BCUT2D eigenvalue weighted by Gasteiger charge is 2.28. The topological polar surface area (TPSA) is 26.3 Å². The zero-order valence-corrected chi connectivity index (χ0v) is 10.7. The Morgan fingerprint density at radius 2 is 2.12 bits per heavy atom. The summed E-state index contributed by atoms with van der Waals surface area (Å²) in [5, 5.41) is -0.824.